The fourth-order valence-electron chi connectivity index (χ4n) is 2.34. The molecule has 0 saturated heterocycles. The minimum absolute atomic E-state index is 0.345. The van der Waals surface area contributed by atoms with Crippen LogP contribution in [-0.4, -0.2) is 16.3 Å². The second-order valence-corrected chi connectivity index (χ2v) is 6.53. The molecule has 1 atom stereocenters. The van der Waals surface area contributed by atoms with Gasteiger partial charge in [0.25, 0.3) is 0 Å². The molecule has 0 amide bonds. The van der Waals surface area contributed by atoms with Gasteiger partial charge in [0.2, 0.25) is 0 Å². The Morgan fingerprint density at radius 3 is 2.70 bits per heavy atom. The Morgan fingerprint density at radius 1 is 1.30 bits per heavy atom. The summed E-state index contributed by atoms with van der Waals surface area (Å²) in [6, 6.07) is 8.79. The first-order valence-electron chi connectivity index (χ1n) is 6.77. The summed E-state index contributed by atoms with van der Waals surface area (Å²) < 4.78 is 4.18. The highest BCUT2D eigenvalue weighted by atomic mass is 79.9. The molecule has 0 bridgehead atoms. The number of nitrogens with zero attached hydrogens (tertiary/aromatic N) is 2. The summed E-state index contributed by atoms with van der Waals surface area (Å²) in [5, 5.41) is 7.79. The van der Waals surface area contributed by atoms with Crippen molar-refractivity contribution in [3.05, 3.63) is 50.7 Å². The summed E-state index contributed by atoms with van der Waals surface area (Å²) in [4.78, 5) is 0. The lowest BCUT2D eigenvalue weighted by atomic mass is 10.0. The summed E-state index contributed by atoms with van der Waals surface area (Å²) in [5.74, 6) is 0. The van der Waals surface area contributed by atoms with Gasteiger partial charge in [-0.1, -0.05) is 44.8 Å². The second-order valence-electron chi connectivity index (χ2n) is 4.76. The Morgan fingerprint density at radius 2 is 2.10 bits per heavy atom. The summed E-state index contributed by atoms with van der Waals surface area (Å²) in [6.45, 7) is 3.10. The minimum Gasteiger partial charge on any atom is -0.310 e. The van der Waals surface area contributed by atoms with Crippen LogP contribution in [0.5, 0.6) is 0 Å². The van der Waals surface area contributed by atoms with Crippen molar-refractivity contribution in [2.45, 2.75) is 25.8 Å². The third kappa shape index (κ3) is 3.93. The van der Waals surface area contributed by atoms with E-state index in [0.717, 1.165) is 28.3 Å². The van der Waals surface area contributed by atoms with Crippen molar-refractivity contribution in [1.82, 2.24) is 15.1 Å². The molecule has 0 aliphatic rings. The van der Waals surface area contributed by atoms with E-state index < -0.39 is 0 Å². The highest BCUT2D eigenvalue weighted by Gasteiger charge is 2.14. The van der Waals surface area contributed by atoms with Crippen molar-refractivity contribution in [3.63, 3.8) is 0 Å². The molecular weight excluding hydrogens is 382 g/mol. The van der Waals surface area contributed by atoms with Gasteiger partial charge in [-0.2, -0.15) is 5.10 Å². The lowest BCUT2D eigenvalue weighted by molar-refractivity contribution is 0.504. The molecule has 0 radical (unpaired) electrons. The lowest BCUT2D eigenvalue weighted by Gasteiger charge is -2.20. The van der Waals surface area contributed by atoms with E-state index in [1.807, 2.05) is 17.9 Å². The normalized spacial score (nSPS) is 12.6. The first-order valence-corrected chi connectivity index (χ1v) is 8.35. The molecule has 20 heavy (non-hydrogen) atoms. The van der Waals surface area contributed by atoms with Gasteiger partial charge < -0.3 is 5.32 Å². The van der Waals surface area contributed by atoms with E-state index in [1.54, 1.807) is 0 Å². The van der Waals surface area contributed by atoms with Crippen LogP contribution < -0.4 is 5.32 Å². The minimum atomic E-state index is 0.345. The van der Waals surface area contributed by atoms with E-state index in [9.17, 15) is 0 Å². The first kappa shape index (κ1) is 15.7. The number of rotatable bonds is 6. The maximum absolute atomic E-state index is 4.22. The van der Waals surface area contributed by atoms with E-state index in [0.29, 0.717) is 6.04 Å². The Balaban J connectivity index is 2.12. The highest BCUT2D eigenvalue weighted by Crippen LogP contribution is 2.29. The van der Waals surface area contributed by atoms with Crippen molar-refractivity contribution < 1.29 is 0 Å². The molecule has 108 valence electrons. The first-order chi connectivity index (χ1) is 9.61. The van der Waals surface area contributed by atoms with Gasteiger partial charge in [0.1, 0.15) is 0 Å². The van der Waals surface area contributed by atoms with Gasteiger partial charge in [-0.25, -0.2) is 0 Å². The van der Waals surface area contributed by atoms with Gasteiger partial charge in [-0.15, -0.1) is 0 Å². The van der Waals surface area contributed by atoms with Crippen LogP contribution in [0.15, 0.2) is 39.4 Å². The van der Waals surface area contributed by atoms with Gasteiger partial charge in [0.15, 0.2) is 0 Å². The van der Waals surface area contributed by atoms with Crippen molar-refractivity contribution in [2.75, 3.05) is 6.54 Å². The van der Waals surface area contributed by atoms with E-state index in [4.69, 9.17) is 0 Å². The summed E-state index contributed by atoms with van der Waals surface area (Å²) in [6.07, 6.45) is 3.91. The topological polar surface area (TPSA) is 29.9 Å². The van der Waals surface area contributed by atoms with E-state index in [1.165, 1.54) is 11.3 Å². The van der Waals surface area contributed by atoms with Gasteiger partial charge in [0.05, 0.1) is 0 Å². The molecule has 0 aliphatic carbocycles. The summed E-state index contributed by atoms with van der Waals surface area (Å²) in [7, 11) is 1.99. The molecule has 0 aliphatic heterocycles. The predicted molar refractivity (Wildman–Crippen MR) is 89.8 cm³/mol. The van der Waals surface area contributed by atoms with Crippen LogP contribution in [0.25, 0.3) is 0 Å². The lowest BCUT2D eigenvalue weighted by Crippen LogP contribution is -2.22. The Kier molecular flexibility index (Phi) is 5.81. The quantitative estimate of drug-likeness (QED) is 0.786. The molecule has 5 heteroatoms. The fraction of sp³-hybridized carbons (Fsp3) is 0.400. The third-order valence-corrected chi connectivity index (χ3v) is 4.58. The molecule has 2 rings (SSSR count). The van der Waals surface area contributed by atoms with E-state index in [-0.39, 0.29) is 0 Å². The number of aryl methyl sites for hydroxylation is 2. The zero-order valence-corrected chi connectivity index (χ0v) is 14.9. The van der Waals surface area contributed by atoms with E-state index in [2.05, 4.69) is 73.5 Å². The molecule has 0 saturated carbocycles. The molecule has 1 heterocycles. The molecule has 1 aromatic heterocycles. The second kappa shape index (κ2) is 7.38. The van der Waals surface area contributed by atoms with Gasteiger partial charge in [-0.3, -0.25) is 4.68 Å². The van der Waals surface area contributed by atoms with Crippen LogP contribution in [0.2, 0.25) is 0 Å². The highest BCUT2D eigenvalue weighted by molar-refractivity contribution is 9.11. The van der Waals surface area contributed by atoms with Crippen molar-refractivity contribution in [3.8, 4) is 0 Å². The van der Waals surface area contributed by atoms with Crippen molar-refractivity contribution in [2.24, 2.45) is 7.05 Å². The SMILES string of the molecule is CCNC(CCc1ccnn1C)c1ccc(Br)cc1Br. The van der Waals surface area contributed by atoms with Crippen LogP contribution in [0.1, 0.15) is 30.6 Å². The zero-order valence-electron chi connectivity index (χ0n) is 11.7. The largest absolute Gasteiger partial charge is 0.310 e. The van der Waals surface area contributed by atoms with Crippen molar-refractivity contribution >= 4 is 31.9 Å². The molecule has 1 N–H and O–H groups in total. The standard InChI is InChI=1S/C15H19Br2N3/c1-3-18-15(7-5-12-8-9-19-20(12)2)13-6-4-11(16)10-14(13)17/h4,6,8-10,15,18H,3,5,7H2,1-2H3. The molecular formula is C15H19Br2N3. The Hall–Kier alpha value is -0.650. The number of halogens is 2. The summed E-state index contributed by atoms with van der Waals surface area (Å²) in [5.41, 5.74) is 2.57. The number of hydrogen-bond donors (Lipinski definition) is 1. The third-order valence-electron chi connectivity index (χ3n) is 3.40. The van der Waals surface area contributed by atoms with E-state index >= 15 is 0 Å². The number of aromatic nitrogens is 2. The monoisotopic (exact) mass is 399 g/mol. The van der Waals surface area contributed by atoms with Crippen LogP contribution in [-0.2, 0) is 13.5 Å². The van der Waals surface area contributed by atoms with Gasteiger partial charge in [0, 0.05) is 33.9 Å². The zero-order chi connectivity index (χ0) is 14.5. The number of nitrogens with one attached hydrogen (secondary N) is 1. The molecule has 3 nitrogen and oxygen atoms in total. The van der Waals surface area contributed by atoms with Crippen molar-refractivity contribution in [1.29, 1.82) is 0 Å². The molecule has 0 fully saturated rings. The van der Waals surface area contributed by atoms with Crippen LogP contribution in [0, 0.1) is 0 Å². The number of hydrogen-bond acceptors (Lipinski definition) is 2. The molecule has 1 aromatic carbocycles. The molecule has 2 aromatic rings. The smallest absolute Gasteiger partial charge is 0.0492 e. The molecule has 0 spiro atoms. The van der Waals surface area contributed by atoms with Gasteiger partial charge >= 0.3 is 0 Å². The van der Waals surface area contributed by atoms with Crippen LogP contribution >= 0.6 is 31.9 Å². The maximum atomic E-state index is 4.22. The summed E-state index contributed by atoms with van der Waals surface area (Å²) >= 11 is 7.17. The molecule has 1 unspecified atom stereocenters. The average molecular weight is 401 g/mol. The average Bonchev–Trinajstić information content (AvgIpc) is 2.81. The van der Waals surface area contributed by atoms with Crippen LogP contribution in [0.4, 0.5) is 0 Å². The maximum Gasteiger partial charge on any atom is 0.0492 e. The van der Waals surface area contributed by atoms with Gasteiger partial charge in [-0.05, 0) is 43.1 Å². The Bertz CT molecular complexity index is 566. The predicted octanol–water partition coefficient (Wildman–Crippen LogP) is 4.23. The Labute approximate surface area is 137 Å². The van der Waals surface area contributed by atoms with Crippen LogP contribution in [0.3, 0.4) is 0 Å². The number of benzene rings is 1. The fourth-order valence-corrected chi connectivity index (χ4v) is 3.66.